The number of pyridine rings is 2. The Balaban J connectivity index is 0.832. The number of amides is 1. The van der Waals surface area contributed by atoms with Gasteiger partial charge in [-0.1, -0.05) is 44.2 Å². The Kier molecular flexibility index (Phi) is 14.2. The van der Waals surface area contributed by atoms with Crippen LogP contribution in [0.3, 0.4) is 0 Å². The summed E-state index contributed by atoms with van der Waals surface area (Å²) < 4.78 is 64.1. The van der Waals surface area contributed by atoms with Gasteiger partial charge >= 0.3 is 5.69 Å². The topological polar surface area (TPSA) is 199 Å². The zero-order valence-corrected chi connectivity index (χ0v) is 42.7. The zero-order chi connectivity index (χ0) is 51.9. The molecule has 0 radical (unpaired) electrons. The van der Waals surface area contributed by atoms with E-state index in [2.05, 4.69) is 77.8 Å². The lowest BCUT2D eigenvalue weighted by molar-refractivity contribution is -0.384. The van der Waals surface area contributed by atoms with Crippen LogP contribution in [0, 0.1) is 33.1 Å². The molecule has 4 N–H and O–H groups in total. The lowest BCUT2D eigenvalue weighted by Gasteiger charge is -2.58. The van der Waals surface area contributed by atoms with Crippen LogP contribution in [0.1, 0.15) is 111 Å². The van der Waals surface area contributed by atoms with E-state index >= 15 is 0 Å². The van der Waals surface area contributed by atoms with E-state index < -0.39 is 48.7 Å². The number of aromatic amines is 1. The summed E-state index contributed by atoms with van der Waals surface area (Å²) in [6, 6.07) is 22.9. The monoisotopic (exact) mass is 1030 g/mol. The fourth-order valence-corrected chi connectivity index (χ4v) is 12.6. The molecule has 1 atom stereocenters. The number of nitro groups is 1. The van der Waals surface area contributed by atoms with Crippen LogP contribution >= 0.6 is 0 Å². The number of nitrogens with one attached hydrogen (secondary N) is 3. The molecule has 10 rings (SSSR count). The number of piperidine rings is 1. The maximum Gasteiger partial charge on any atom is 0.312 e. The highest BCUT2D eigenvalue weighted by Gasteiger charge is 2.50. The van der Waals surface area contributed by atoms with Gasteiger partial charge in [0.05, 0.1) is 28.5 Å². The van der Waals surface area contributed by atoms with Crippen molar-refractivity contribution in [1.29, 1.82) is 0 Å². The van der Waals surface area contributed by atoms with Crippen molar-refractivity contribution in [3.63, 3.8) is 0 Å². The number of hydrogen-bond acceptors (Lipinski definition) is 13. The molecule has 2 aliphatic carbocycles. The predicted octanol–water partition coefficient (Wildman–Crippen LogP) is 9.84. The molecule has 2 saturated carbocycles. The molecule has 0 bridgehead atoms. The maximum absolute atomic E-state index is 14.2. The highest BCUT2D eigenvalue weighted by molar-refractivity contribution is 7.90. The van der Waals surface area contributed by atoms with Crippen LogP contribution in [0.4, 0.5) is 26.0 Å². The smallest absolute Gasteiger partial charge is 0.312 e. The van der Waals surface area contributed by atoms with Gasteiger partial charge in [0.25, 0.3) is 15.9 Å². The molecule has 0 unspecified atom stereocenters. The molecule has 6 aromatic rings. The van der Waals surface area contributed by atoms with E-state index in [-0.39, 0.29) is 34.5 Å². The number of carbonyl (C=O) groups is 1. The minimum absolute atomic E-state index is 0.0764. The Morgan fingerprint density at radius 1 is 0.946 bits per heavy atom. The second-order valence-electron chi connectivity index (χ2n) is 21.5. The first-order valence-corrected chi connectivity index (χ1v) is 27.1. The normalized spacial score (nSPS) is 21.7. The van der Waals surface area contributed by atoms with E-state index in [0.29, 0.717) is 49.3 Å². The van der Waals surface area contributed by atoms with E-state index in [4.69, 9.17) is 4.74 Å². The number of sulfonamides is 1. The van der Waals surface area contributed by atoms with Gasteiger partial charge in [0, 0.05) is 87.3 Å². The molecule has 1 amide bonds. The van der Waals surface area contributed by atoms with E-state index in [0.717, 1.165) is 100 Å². The van der Waals surface area contributed by atoms with Crippen molar-refractivity contribution in [1.82, 2.24) is 29.5 Å². The number of anilines is 2. The van der Waals surface area contributed by atoms with Crippen molar-refractivity contribution >= 4 is 44.2 Å². The molecule has 4 aliphatic rings. The molecule has 5 heterocycles. The quantitative estimate of drug-likeness (QED) is 0.0560. The van der Waals surface area contributed by atoms with Crippen LogP contribution in [0.5, 0.6) is 11.5 Å². The fourth-order valence-electron chi connectivity index (χ4n) is 11.7. The summed E-state index contributed by atoms with van der Waals surface area (Å²) >= 11 is 0. The van der Waals surface area contributed by atoms with Gasteiger partial charge in [-0.05, 0) is 129 Å². The number of carbonyl (C=O) groups excluding carboxylic acids is 1. The van der Waals surface area contributed by atoms with Crippen LogP contribution in [-0.4, -0.2) is 100 Å². The van der Waals surface area contributed by atoms with E-state index in [1.165, 1.54) is 35.5 Å². The number of H-pyrrole nitrogens is 1. The Labute approximate surface area is 429 Å². The Morgan fingerprint density at radius 2 is 1.72 bits per heavy atom. The molecule has 2 aliphatic heterocycles. The third-order valence-electron chi connectivity index (χ3n) is 16.0. The first-order valence-electron chi connectivity index (χ1n) is 25.6. The van der Waals surface area contributed by atoms with Crippen molar-refractivity contribution in [2.24, 2.45) is 11.3 Å². The maximum atomic E-state index is 14.2. The summed E-state index contributed by atoms with van der Waals surface area (Å²) in [5.41, 5.74) is 3.61. The summed E-state index contributed by atoms with van der Waals surface area (Å²) in [6.45, 7) is 11.1. The molecule has 390 valence electrons. The molecule has 19 heteroatoms. The van der Waals surface area contributed by atoms with Gasteiger partial charge in [0.15, 0.2) is 11.6 Å². The van der Waals surface area contributed by atoms with Gasteiger partial charge in [0.1, 0.15) is 22.0 Å². The van der Waals surface area contributed by atoms with E-state index in [1.54, 1.807) is 37.4 Å². The molecule has 3 aromatic heterocycles. The van der Waals surface area contributed by atoms with Crippen LogP contribution in [-0.2, 0) is 16.6 Å². The second kappa shape index (κ2) is 20.6. The summed E-state index contributed by atoms with van der Waals surface area (Å²) in [6.07, 6.45) is 10.9. The third kappa shape index (κ3) is 11.0. The molecule has 1 spiro atoms. The number of ether oxygens (including phenoxy) is 1. The molecule has 2 saturated heterocycles. The lowest BCUT2D eigenvalue weighted by atomic mass is 9.59. The van der Waals surface area contributed by atoms with Crippen LogP contribution in [0.25, 0.3) is 11.0 Å². The number of nitrogens with zero attached hydrogens (tertiary/aromatic N) is 6. The lowest BCUT2D eigenvalue weighted by Crippen LogP contribution is -2.60. The highest BCUT2D eigenvalue weighted by Crippen LogP contribution is 2.53. The van der Waals surface area contributed by atoms with E-state index in [9.17, 15) is 37.2 Å². The number of aromatic nitrogens is 3. The first-order chi connectivity index (χ1) is 35.4. The largest absolute Gasteiger partial charge is 0.455 e. The minimum atomic E-state index is -4.67. The average Bonchev–Trinajstić information content (AvgIpc) is 3.84. The SMILES string of the molecule is CC(C)c1ccccc1[C@@H]1CN(Cc2ccc(F)c(F)c2)CCN1C1CC2(CCN(c3ccc(C(=O)NS(=O)(=O)c4cnc(NCC5CCC(C)(O)CC5)c([N+](=O)[O-])c4)c(Oc4cnc5[nH]ccc5c4)c3)CC2)C1. The van der Waals surface area contributed by atoms with Gasteiger partial charge in [0.2, 0.25) is 5.82 Å². The first kappa shape index (κ1) is 51.0. The molecular weight excluding hydrogens is 969 g/mol. The molecule has 74 heavy (non-hydrogen) atoms. The van der Waals surface area contributed by atoms with Crippen molar-refractivity contribution in [3.05, 3.63) is 141 Å². The minimum Gasteiger partial charge on any atom is -0.455 e. The van der Waals surface area contributed by atoms with Crippen molar-refractivity contribution < 1.29 is 36.8 Å². The van der Waals surface area contributed by atoms with Gasteiger partial charge in [-0.3, -0.25) is 24.7 Å². The molecular formula is C55H63F2N9O7S. The molecule has 16 nitrogen and oxygen atoms in total. The number of hydrogen-bond donors (Lipinski definition) is 4. The zero-order valence-electron chi connectivity index (χ0n) is 41.9. The van der Waals surface area contributed by atoms with Crippen molar-refractivity contribution in [2.45, 2.75) is 107 Å². The summed E-state index contributed by atoms with van der Waals surface area (Å²) in [5.74, 6) is -1.86. The fraction of sp³-hybridized carbons (Fsp3) is 0.436. The second-order valence-corrected chi connectivity index (χ2v) is 23.2. The Bertz CT molecular complexity index is 3160. The van der Waals surface area contributed by atoms with Gasteiger partial charge in [-0.25, -0.2) is 31.9 Å². The number of piperazine rings is 1. The number of fused-ring (bicyclic) bond motifs is 1. The Hall–Kier alpha value is -6.54. The summed E-state index contributed by atoms with van der Waals surface area (Å²) in [4.78, 5) is 43.9. The number of aliphatic hydroxyl groups is 1. The highest BCUT2D eigenvalue weighted by atomic mass is 32.2. The Morgan fingerprint density at radius 3 is 2.46 bits per heavy atom. The van der Waals surface area contributed by atoms with E-state index in [1.807, 2.05) is 6.07 Å². The van der Waals surface area contributed by atoms with Gasteiger partial charge in [-0.15, -0.1) is 0 Å². The van der Waals surface area contributed by atoms with Gasteiger partial charge in [-0.2, -0.15) is 0 Å². The van der Waals surface area contributed by atoms with Gasteiger partial charge < -0.3 is 25.0 Å². The average molecular weight is 1030 g/mol. The number of halogens is 2. The molecule has 4 fully saturated rings. The molecule has 3 aromatic carbocycles. The van der Waals surface area contributed by atoms with Crippen LogP contribution < -0.4 is 19.7 Å². The standard InChI is InChI=1S/C55H63F2N9O7S/c1-35(2)43-6-4-5-7-44(43)49-34-63(33-37-8-11-46(56)47(57)24-37)22-23-65(49)40-28-55(29-40)17-20-64(21-18-55)39-9-10-45(50(26-39)73-41-25-38-14-19-58-51(38)60-31-41)53(67)62-74(71,72)42-27-48(66(69)70)52(61-32-42)59-30-36-12-15-54(3,68)16-13-36/h4-11,14,19,24-27,31-32,35-36,40,49,68H,12-13,15-18,20-23,28-30,33-34H2,1-3H3,(H,58,60)(H,59,61)(H,62,67)/t36?,49-,54?/m0/s1. The summed E-state index contributed by atoms with van der Waals surface area (Å²) in [7, 11) is -4.67. The third-order valence-corrected chi connectivity index (χ3v) is 17.3. The van der Waals surface area contributed by atoms with Crippen LogP contribution in [0.2, 0.25) is 0 Å². The van der Waals surface area contributed by atoms with Crippen molar-refractivity contribution in [3.8, 4) is 11.5 Å². The number of benzene rings is 3. The van der Waals surface area contributed by atoms with Crippen molar-refractivity contribution in [2.75, 3.05) is 49.5 Å². The number of rotatable bonds is 15. The predicted molar refractivity (Wildman–Crippen MR) is 278 cm³/mol. The van der Waals surface area contributed by atoms with Crippen LogP contribution in [0.15, 0.2) is 102 Å². The summed E-state index contributed by atoms with van der Waals surface area (Å²) in [5, 5.41) is 26.3.